The first kappa shape index (κ1) is 12.6. The number of nitrogens with zero attached hydrogens (tertiary/aromatic N) is 1. The maximum absolute atomic E-state index is 12.6. The zero-order valence-electron chi connectivity index (χ0n) is 8.15. The number of aromatic nitrogens is 1. The second kappa shape index (κ2) is 4.18. The highest BCUT2D eigenvalue weighted by atomic mass is 32.2. The van der Waals surface area contributed by atoms with E-state index in [-0.39, 0.29) is 5.88 Å². The number of halogens is 2. The number of hydrogen-bond donors (Lipinski definition) is 2. The number of nitrogen functional groups attached to an aromatic ring is 1. The molecule has 1 heterocycles. The molecule has 6 nitrogen and oxygen atoms in total. The largest absolute Gasteiger partial charge is 0.481 e. The molecule has 9 heteroatoms. The Balaban J connectivity index is 3.59. The second-order valence-corrected chi connectivity index (χ2v) is 4.31. The van der Waals surface area contributed by atoms with Crippen molar-refractivity contribution < 1.29 is 21.9 Å². The van der Waals surface area contributed by atoms with Gasteiger partial charge in [-0.15, -0.1) is 0 Å². The highest BCUT2D eigenvalue weighted by Gasteiger charge is 2.26. The molecule has 4 N–H and O–H groups in total. The van der Waals surface area contributed by atoms with Crippen molar-refractivity contribution in [1.29, 1.82) is 0 Å². The molecular weight excluding hydrogens is 244 g/mol. The molecule has 0 aliphatic carbocycles. The van der Waals surface area contributed by atoms with E-state index in [1.807, 2.05) is 0 Å². The molecule has 16 heavy (non-hydrogen) atoms. The zero-order valence-corrected chi connectivity index (χ0v) is 8.96. The van der Waals surface area contributed by atoms with E-state index in [9.17, 15) is 17.2 Å². The first-order chi connectivity index (χ1) is 7.27. The van der Waals surface area contributed by atoms with E-state index in [0.29, 0.717) is 0 Å². The number of sulfonamides is 1. The van der Waals surface area contributed by atoms with Crippen LogP contribution in [0.5, 0.6) is 5.88 Å². The molecule has 0 fully saturated rings. The molecule has 0 bridgehead atoms. The standard InChI is InChI=1S/C7H9F2N3O3S/c1-15-4-2-3(10)6(16(11,13)14)5(12-4)7(8)9/h2,7H,1H3,(H2,10,12)(H2,11,13,14). The van der Waals surface area contributed by atoms with Crippen LogP contribution in [0, 0.1) is 0 Å². The molecule has 1 aromatic heterocycles. The predicted octanol–water partition coefficient (Wildman–Crippen LogP) is 0.257. The third kappa shape index (κ3) is 2.36. The molecule has 0 unspecified atom stereocenters. The van der Waals surface area contributed by atoms with Crippen molar-refractivity contribution in [3.05, 3.63) is 11.8 Å². The van der Waals surface area contributed by atoms with Crippen molar-refractivity contribution in [2.45, 2.75) is 11.3 Å². The Hall–Kier alpha value is -1.48. The van der Waals surface area contributed by atoms with Gasteiger partial charge in [0.1, 0.15) is 10.6 Å². The Bertz CT molecular complexity index is 504. The highest BCUT2D eigenvalue weighted by Crippen LogP contribution is 2.31. The van der Waals surface area contributed by atoms with Crippen LogP contribution >= 0.6 is 0 Å². The topological polar surface area (TPSA) is 108 Å². The Morgan fingerprint density at radius 2 is 2.06 bits per heavy atom. The van der Waals surface area contributed by atoms with Crippen molar-refractivity contribution in [3.63, 3.8) is 0 Å². The summed E-state index contributed by atoms with van der Waals surface area (Å²) in [6.07, 6.45) is -3.12. The van der Waals surface area contributed by atoms with Gasteiger partial charge < -0.3 is 10.5 Å². The summed E-state index contributed by atoms with van der Waals surface area (Å²) < 4.78 is 51.8. The minimum absolute atomic E-state index is 0.208. The van der Waals surface area contributed by atoms with Crippen molar-refractivity contribution in [2.75, 3.05) is 12.8 Å². The molecule has 0 atom stereocenters. The van der Waals surface area contributed by atoms with Gasteiger partial charge in [0.25, 0.3) is 6.43 Å². The Kier molecular flexibility index (Phi) is 3.29. The summed E-state index contributed by atoms with van der Waals surface area (Å²) in [5.74, 6) is -0.208. The van der Waals surface area contributed by atoms with Gasteiger partial charge in [-0.1, -0.05) is 0 Å². The van der Waals surface area contributed by atoms with E-state index in [1.165, 1.54) is 7.11 Å². The predicted molar refractivity (Wildman–Crippen MR) is 51.5 cm³/mol. The summed E-state index contributed by atoms with van der Waals surface area (Å²) in [5, 5.41) is 4.77. The number of hydrogen-bond acceptors (Lipinski definition) is 5. The van der Waals surface area contributed by atoms with Crippen LogP contribution in [0.25, 0.3) is 0 Å². The third-order valence-corrected chi connectivity index (χ3v) is 2.72. The van der Waals surface area contributed by atoms with Gasteiger partial charge in [-0.2, -0.15) is 0 Å². The number of ether oxygens (including phenoxy) is 1. The normalized spacial score (nSPS) is 11.8. The smallest absolute Gasteiger partial charge is 0.281 e. The van der Waals surface area contributed by atoms with Crippen LogP contribution < -0.4 is 15.6 Å². The zero-order chi connectivity index (χ0) is 12.5. The number of nitrogens with two attached hydrogens (primary N) is 2. The monoisotopic (exact) mass is 253 g/mol. The molecule has 0 radical (unpaired) electrons. The minimum atomic E-state index is -4.36. The van der Waals surface area contributed by atoms with Gasteiger partial charge >= 0.3 is 0 Å². The van der Waals surface area contributed by atoms with Crippen molar-refractivity contribution in [2.24, 2.45) is 5.14 Å². The maximum Gasteiger partial charge on any atom is 0.281 e. The number of anilines is 1. The SMILES string of the molecule is COc1cc(N)c(S(N)(=O)=O)c(C(F)F)n1. The average molecular weight is 253 g/mol. The van der Waals surface area contributed by atoms with Crippen molar-refractivity contribution >= 4 is 15.7 Å². The molecule has 0 saturated heterocycles. The quantitative estimate of drug-likeness (QED) is 0.803. The first-order valence-corrected chi connectivity index (χ1v) is 5.47. The first-order valence-electron chi connectivity index (χ1n) is 3.92. The molecular formula is C7H9F2N3O3S. The lowest BCUT2D eigenvalue weighted by Gasteiger charge is -2.10. The number of primary sulfonamides is 1. The summed E-state index contributed by atoms with van der Waals surface area (Å²) in [6.45, 7) is 0. The third-order valence-electron chi connectivity index (χ3n) is 1.70. The maximum atomic E-state index is 12.6. The van der Waals surface area contributed by atoms with Crippen molar-refractivity contribution in [3.8, 4) is 5.88 Å². The van der Waals surface area contributed by atoms with E-state index >= 15 is 0 Å². The molecule has 1 rings (SSSR count). The average Bonchev–Trinajstić information content (AvgIpc) is 2.14. The van der Waals surface area contributed by atoms with Gasteiger partial charge in [-0.3, -0.25) is 0 Å². The Labute approximate surface area is 90.3 Å². The fourth-order valence-corrected chi connectivity index (χ4v) is 1.92. The summed E-state index contributed by atoms with van der Waals surface area (Å²) >= 11 is 0. The van der Waals surface area contributed by atoms with Gasteiger partial charge in [0, 0.05) is 6.07 Å². The molecule has 0 aromatic carbocycles. The number of pyridine rings is 1. The molecule has 0 saturated carbocycles. The Morgan fingerprint density at radius 1 is 1.50 bits per heavy atom. The van der Waals surface area contributed by atoms with Crippen LogP contribution in [-0.2, 0) is 10.0 Å². The molecule has 0 aliphatic heterocycles. The Morgan fingerprint density at radius 3 is 2.44 bits per heavy atom. The summed E-state index contributed by atoms with van der Waals surface area (Å²) in [6, 6.07) is 1.01. The fraction of sp³-hybridized carbons (Fsp3) is 0.286. The molecule has 1 aromatic rings. The highest BCUT2D eigenvalue weighted by molar-refractivity contribution is 7.89. The van der Waals surface area contributed by atoms with E-state index < -0.39 is 32.7 Å². The second-order valence-electron chi connectivity index (χ2n) is 2.81. The van der Waals surface area contributed by atoms with Crippen LogP contribution in [0.1, 0.15) is 12.1 Å². The van der Waals surface area contributed by atoms with E-state index in [2.05, 4.69) is 9.72 Å². The lowest BCUT2D eigenvalue weighted by Crippen LogP contribution is -2.18. The summed E-state index contributed by atoms with van der Waals surface area (Å²) in [5.41, 5.74) is 3.87. The van der Waals surface area contributed by atoms with E-state index in [0.717, 1.165) is 6.07 Å². The van der Waals surface area contributed by atoms with Crippen molar-refractivity contribution in [1.82, 2.24) is 4.98 Å². The van der Waals surface area contributed by atoms with Gasteiger partial charge in [-0.25, -0.2) is 27.3 Å². The van der Waals surface area contributed by atoms with Crippen LogP contribution in [0.2, 0.25) is 0 Å². The van der Waals surface area contributed by atoms with Gasteiger partial charge in [0.05, 0.1) is 12.8 Å². The summed E-state index contributed by atoms with van der Waals surface area (Å²) in [7, 11) is -3.17. The number of rotatable bonds is 3. The lowest BCUT2D eigenvalue weighted by molar-refractivity contribution is 0.141. The van der Waals surface area contributed by atoms with Gasteiger partial charge in [-0.05, 0) is 0 Å². The molecule has 0 aliphatic rings. The number of methoxy groups -OCH3 is 1. The van der Waals surface area contributed by atoms with Crippen LogP contribution in [0.15, 0.2) is 11.0 Å². The minimum Gasteiger partial charge on any atom is -0.481 e. The lowest BCUT2D eigenvalue weighted by atomic mass is 10.3. The van der Waals surface area contributed by atoms with E-state index in [1.54, 1.807) is 0 Å². The number of alkyl halides is 2. The molecule has 90 valence electrons. The van der Waals surface area contributed by atoms with Crippen LogP contribution in [0.3, 0.4) is 0 Å². The molecule has 0 amide bonds. The van der Waals surface area contributed by atoms with E-state index in [4.69, 9.17) is 10.9 Å². The van der Waals surface area contributed by atoms with Gasteiger partial charge in [0.15, 0.2) is 0 Å². The molecule has 0 spiro atoms. The fourth-order valence-electron chi connectivity index (χ4n) is 1.11. The van der Waals surface area contributed by atoms with Crippen LogP contribution in [0.4, 0.5) is 14.5 Å². The summed E-state index contributed by atoms with van der Waals surface area (Å²) in [4.78, 5) is 2.43. The van der Waals surface area contributed by atoms with Gasteiger partial charge in [0.2, 0.25) is 15.9 Å². The van der Waals surface area contributed by atoms with Crippen LogP contribution in [-0.4, -0.2) is 20.5 Å².